The summed E-state index contributed by atoms with van der Waals surface area (Å²) in [5, 5.41) is 3.15. The van der Waals surface area contributed by atoms with Gasteiger partial charge in [0.15, 0.2) is 0 Å². The first-order valence-corrected chi connectivity index (χ1v) is 6.15. The van der Waals surface area contributed by atoms with Gasteiger partial charge < -0.3 is 19.5 Å². The van der Waals surface area contributed by atoms with E-state index < -0.39 is 5.54 Å². The number of ether oxygens (including phenoxy) is 3. The molecule has 0 aliphatic carbocycles. The maximum Gasteiger partial charge on any atom is 0.325 e. The number of carbonyl (C=O) groups is 1. The topological polar surface area (TPSA) is 56.8 Å². The predicted molar refractivity (Wildman–Crippen MR) is 63.9 cm³/mol. The second-order valence-electron chi connectivity index (χ2n) is 4.46. The van der Waals surface area contributed by atoms with Gasteiger partial charge >= 0.3 is 5.97 Å². The molecule has 2 unspecified atom stereocenters. The van der Waals surface area contributed by atoms with Crippen LogP contribution < -0.4 is 5.32 Å². The number of hydrogen-bond donors (Lipinski definition) is 1. The van der Waals surface area contributed by atoms with Crippen LogP contribution in [0.15, 0.2) is 0 Å². The summed E-state index contributed by atoms with van der Waals surface area (Å²) in [7, 11) is 1.41. The molecular weight excluding hydrogens is 222 g/mol. The maximum atomic E-state index is 11.7. The molecule has 1 aliphatic heterocycles. The molecule has 1 aliphatic rings. The molecule has 0 bridgehead atoms. The standard InChI is InChI=1S/C12H23NO4/c1-4-13-12(2,11(14)15-3)6-8-17-10-5-7-16-9-10/h10,13H,4-9H2,1-3H3. The van der Waals surface area contributed by atoms with E-state index >= 15 is 0 Å². The highest BCUT2D eigenvalue weighted by molar-refractivity contribution is 5.80. The van der Waals surface area contributed by atoms with Gasteiger partial charge in [0.2, 0.25) is 0 Å². The lowest BCUT2D eigenvalue weighted by molar-refractivity contribution is -0.149. The normalized spacial score (nSPS) is 23.4. The molecule has 0 spiro atoms. The molecule has 0 aromatic heterocycles. The average Bonchev–Trinajstić information content (AvgIpc) is 2.81. The molecule has 1 saturated heterocycles. The summed E-state index contributed by atoms with van der Waals surface area (Å²) >= 11 is 0. The van der Waals surface area contributed by atoms with Crippen molar-refractivity contribution in [3.63, 3.8) is 0 Å². The highest BCUT2D eigenvalue weighted by Gasteiger charge is 2.33. The molecule has 0 radical (unpaired) electrons. The van der Waals surface area contributed by atoms with E-state index in [1.54, 1.807) is 0 Å². The number of nitrogens with one attached hydrogen (secondary N) is 1. The molecule has 0 saturated carbocycles. The Bertz CT molecular complexity index is 241. The van der Waals surface area contributed by atoms with Gasteiger partial charge in [-0.25, -0.2) is 0 Å². The van der Waals surface area contributed by atoms with E-state index in [0.29, 0.717) is 19.6 Å². The summed E-state index contributed by atoms with van der Waals surface area (Å²) in [5.74, 6) is -0.245. The van der Waals surface area contributed by atoms with Crippen molar-refractivity contribution in [2.75, 3.05) is 33.5 Å². The van der Waals surface area contributed by atoms with Crippen molar-refractivity contribution in [3.8, 4) is 0 Å². The first kappa shape index (κ1) is 14.4. The molecule has 0 aromatic carbocycles. The Morgan fingerprint density at radius 1 is 1.59 bits per heavy atom. The Hall–Kier alpha value is -0.650. The number of carbonyl (C=O) groups excluding carboxylic acids is 1. The summed E-state index contributed by atoms with van der Waals surface area (Å²) in [4.78, 5) is 11.7. The van der Waals surface area contributed by atoms with Crippen molar-refractivity contribution in [2.24, 2.45) is 0 Å². The Labute approximate surface area is 103 Å². The van der Waals surface area contributed by atoms with Gasteiger partial charge in [-0.05, 0) is 26.3 Å². The average molecular weight is 245 g/mol. The summed E-state index contributed by atoms with van der Waals surface area (Å²) in [6, 6.07) is 0. The lowest BCUT2D eigenvalue weighted by Gasteiger charge is -2.27. The monoisotopic (exact) mass is 245 g/mol. The minimum absolute atomic E-state index is 0.179. The van der Waals surface area contributed by atoms with Crippen LogP contribution in [-0.2, 0) is 19.0 Å². The Balaban J connectivity index is 2.35. The van der Waals surface area contributed by atoms with Crippen LogP contribution >= 0.6 is 0 Å². The van der Waals surface area contributed by atoms with Gasteiger partial charge in [0.05, 0.1) is 19.8 Å². The second kappa shape index (κ2) is 6.93. The van der Waals surface area contributed by atoms with Crippen LogP contribution in [0.4, 0.5) is 0 Å². The first-order valence-electron chi connectivity index (χ1n) is 6.15. The SMILES string of the molecule is CCNC(C)(CCOC1CCOC1)C(=O)OC. The molecule has 1 fully saturated rings. The number of rotatable bonds is 7. The van der Waals surface area contributed by atoms with Crippen molar-refractivity contribution >= 4 is 5.97 Å². The molecule has 1 N–H and O–H groups in total. The summed E-state index contributed by atoms with van der Waals surface area (Å²) in [5.41, 5.74) is -0.664. The molecule has 5 nitrogen and oxygen atoms in total. The van der Waals surface area contributed by atoms with Crippen LogP contribution in [-0.4, -0.2) is 51.1 Å². The van der Waals surface area contributed by atoms with E-state index in [4.69, 9.17) is 14.2 Å². The van der Waals surface area contributed by atoms with Gasteiger partial charge in [0.1, 0.15) is 5.54 Å². The quantitative estimate of drug-likeness (QED) is 0.670. The maximum absolute atomic E-state index is 11.7. The van der Waals surface area contributed by atoms with Crippen LogP contribution in [0.2, 0.25) is 0 Å². The van der Waals surface area contributed by atoms with Gasteiger partial charge in [0, 0.05) is 13.2 Å². The van der Waals surface area contributed by atoms with Crippen molar-refractivity contribution in [1.29, 1.82) is 0 Å². The highest BCUT2D eigenvalue weighted by Crippen LogP contribution is 2.14. The summed E-state index contributed by atoms with van der Waals surface area (Å²) in [6.07, 6.45) is 1.72. The minimum Gasteiger partial charge on any atom is -0.468 e. The Morgan fingerprint density at radius 3 is 2.88 bits per heavy atom. The van der Waals surface area contributed by atoms with Crippen molar-refractivity contribution in [2.45, 2.75) is 38.3 Å². The lowest BCUT2D eigenvalue weighted by atomic mass is 9.98. The van der Waals surface area contributed by atoms with E-state index in [2.05, 4.69) is 5.32 Å². The van der Waals surface area contributed by atoms with Gasteiger partial charge in [-0.2, -0.15) is 0 Å². The van der Waals surface area contributed by atoms with Gasteiger partial charge in [-0.3, -0.25) is 4.79 Å². The van der Waals surface area contributed by atoms with Gasteiger partial charge in [-0.1, -0.05) is 6.92 Å². The van der Waals surface area contributed by atoms with Crippen LogP contribution in [0.25, 0.3) is 0 Å². The van der Waals surface area contributed by atoms with E-state index in [1.165, 1.54) is 7.11 Å². The van der Waals surface area contributed by atoms with Crippen molar-refractivity contribution in [1.82, 2.24) is 5.32 Å². The van der Waals surface area contributed by atoms with Gasteiger partial charge in [0.25, 0.3) is 0 Å². The molecular formula is C12H23NO4. The lowest BCUT2D eigenvalue weighted by Crippen LogP contribution is -2.51. The largest absolute Gasteiger partial charge is 0.468 e. The van der Waals surface area contributed by atoms with Gasteiger partial charge in [-0.15, -0.1) is 0 Å². The summed E-state index contributed by atoms with van der Waals surface area (Å²) < 4.78 is 15.7. The number of methoxy groups -OCH3 is 1. The van der Waals surface area contributed by atoms with E-state index in [-0.39, 0.29) is 12.1 Å². The minimum atomic E-state index is -0.664. The van der Waals surface area contributed by atoms with Crippen LogP contribution in [0.1, 0.15) is 26.7 Å². The van der Waals surface area contributed by atoms with E-state index in [9.17, 15) is 4.79 Å². The molecule has 0 amide bonds. The first-order chi connectivity index (χ1) is 8.12. The fraction of sp³-hybridized carbons (Fsp3) is 0.917. The molecule has 100 valence electrons. The molecule has 2 atom stereocenters. The molecule has 1 heterocycles. The van der Waals surface area contributed by atoms with Crippen LogP contribution in [0.5, 0.6) is 0 Å². The zero-order chi connectivity index (χ0) is 12.7. The molecule has 0 aromatic rings. The number of hydrogen-bond acceptors (Lipinski definition) is 5. The fourth-order valence-corrected chi connectivity index (χ4v) is 1.95. The molecule has 5 heteroatoms. The van der Waals surface area contributed by atoms with Crippen LogP contribution in [0, 0.1) is 0 Å². The highest BCUT2D eigenvalue weighted by atomic mass is 16.5. The molecule has 1 rings (SSSR count). The fourth-order valence-electron chi connectivity index (χ4n) is 1.95. The third kappa shape index (κ3) is 4.26. The smallest absolute Gasteiger partial charge is 0.325 e. The van der Waals surface area contributed by atoms with E-state index in [1.807, 2.05) is 13.8 Å². The third-order valence-corrected chi connectivity index (χ3v) is 3.05. The number of likely N-dealkylation sites (N-methyl/N-ethyl adjacent to an activating group) is 1. The predicted octanol–water partition coefficient (Wildman–Crippen LogP) is 0.723. The zero-order valence-electron chi connectivity index (χ0n) is 11.0. The zero-order valence-corrected chi connectivity index (χ0v) is 11.0. The third-order valence-electron chi connectivity index (χ3n) is 3.05. The van der Waals surface area contributed by atoms with Crippen LogP contribution in [0.3, 0.4) is 0 Å². The second-order valence-corrected chi connectivity index (χ2v) is 4.46. The van der Waals surface area contributed by atoms with Crippen molar-refractivity contribution < 1.29 is 19.0 Å². The number of esters is 1. The van der Waals surface area contributed by atoms with E-state index in [0.717, 1.165) is 19.6 Å². The van der Waals surface area contributed by atoms with Crippen molar-refractivity contribution in [3.05, 3.63) is 0 Å². The Morgan fingerprint density at radius 2 is 2.35 bits per heavy atom. The molecule has 17 heavy (non-hydrogen) atoms. The Kier molecular flexibility index (Phi) is 5.88. The summed E-state index contributed by atoms with van der Waals surface area (Å²) in [6.45, 7) is 6.50.